The minimum Gasteiger partial charge on any atom is -0.338 e. The largest absolute Gasteiger partial charge is 0.338 e. The number of likely N-dealkylation sites (tertiary alicyclic amines) is 1. The molecule has 33 heavy (non-hydrogen) atoms. The Labute approximate surface area is 194 Å². The predicted molar refractivity (Wildman–Crippen MR) is 127 cm³/mol. The number of rotatable bonds is 5. The first-order valence-electron chi connectivity index (χ1n) is 11.6. The van der Waals surface area contributed by atoms with Crippen molar-refractivity contribution < 1.29 is 14.4 Å². The van der Waals surface area contributed by atoms with Crippen LogP contribution in [0.5, 0.6) is 0 Å². The van der Waals surface area contributed by atoms with Crippen molar-refractivity contribution >= 4 is 11.8 Å². The number of nitrogens with zero attached hydrogens (tertiary/aromatic N) is 2. The number of piperidine rings is 1. The monoisotopic (exact) mass is 440 g/mol. The SMILES string of the molecule is O=C(c1ccc(-c2ccccc2)cc1)N1CCC2(CCC(=O)N2OCc2ccccc2)CC1. The van der Waals surface area contributed by atoms with Gasteiger partial charge < -0.3 is 4.90 Å². The zero-order valence-corrected chi connectivity index (χ0v) is 18.7. The molecule has 2 saturated heterocycles. The summed E-state index contributed by atoms with van der Waals surface area (Å²) in [6.07, 6.45) is 2.76. The zero-order chi connectivity index (χ0) is 22.7. The Hall–Kier alpha value is -3.44. The fourth-order valence-electron chi connectivity index (χ4n) is 4.93. The van der Waals surface area contributed by atoms with Crippen LogP contribution in [0.3, 0.4) is 0 Å². The first-order chi connectivity index (χ1) is 16.1. The van der Waals surface area contributed by atoms with Gasteiger partial charge in [-0.15, -0.1) is 0 Å². The van der Waals surface area contributed by atoms with E-state index in [1.165, 1.54) is 0 Å². The molecule has 3 aromatic carbocycles. The van der Waals surface area contributed by atoms with Crippen molar-refractivity contribution in [1.82, 2.24) is 9.96 Å². The molecule has 5 nitrogen and oxygen atoms in total. The van der Waals surface area contributed by atoms with Gasteiger partial charge in [-0.1, -0.05) is 72.8 Å². The lowest BCUT2D eigenvalue weighted by molar-refractivity contribution is -0.221. The molecule has 2 aliphatic heterocycles. The first kappa shape index (κ1) is 21.4. The van der Waals surface area contributed by atoms with Crippen LogP contribution in [0.2, 0.25) is 0 Å². The molecular weight excluding hydrogens is 412 g/mol. The summed E-state index contributed by atoms with van der Waals surface area (Å²) in [6.45, 7) is 1.63. The highest BCUT2D eigenvalue weighted by Crippen LogP contribution is 2.40. The van der Waals surface area contributed by atoms with Gasteiger partial charge in [0.1, 0.15) is 6.61 Å². The van der Waals surface area contributed by atoms with E-state index in [0.717, 1.165) is 36.0 Å². The third kappa shape index (κ3) is 4.41. The van der Waals surface area contributed by atoms with Crippen molar-refractivity contribution in [1.29, 1.82) is 0 Å². The van der Waals surface area contributed by atoms with Crippen molar-refractivity contribution in [2.75, 3.05) is 13.1 Å². The molecule has 1 spiro atoms. The molecule has 0 unspecified atom stereocenters. The molecule has 5 heteroatoms. The second-order valence-corrected chi connectivity index (χ2v) is 8.91. The summed E-state index contributed by atoms with van der Waals surface area (Å²) in [5, 5.41) is 1.62. The average molecular weight is 441 g/mol. The molecule has 2 heterocycles. The Morgan fingerprint density at radius 1 is 0.788 bits per heavy atom. The van der Waals surface area contributed by atoms with E-state index in [9.17, 15) is 9.59 Å². The molecule has 0 radical (unpaired) electrons. The molecule has 0 atom stereocenters. The second kappa shape index (κ2) is 9.20. The van der Waals surface area contributed by atoms with Gasteiger partial charge in [-0.2, -0.15) is 0 Å². The van der Waals surface area contributed by atoms with Gasteiger partial charge in [0.15, 0.2) is 0 Å². The molecule has 2 amide bonds. The fraction of sp³-hybridized carbons (Fsp3) is 0.286. The Morgan fingerprint density at radius 2 is 1.39 bits per heavy atom. The molecule has 2 fully saturated rings. The van der Waals surface area contributed by atoms with Crippen molar-refractivity contribution in [3.63, 3.8) is 0 Å². The second-order valence-electron chi connectivity index (χ2n) is 8.91. The van der Waals surface area contributed by atoms with E-state index in [0.29, 0.717) is 31.7 Å². The maximum Gasteiger partial charge on any atom is 0.253 e. The van der Waals surface area contributed by atoms with Gasteiger partial charge >= 0.3 is 0 Å². The molecular formula is C28H28N2O3. The lowest BCUT2D eigenvalue weighted by Crippen LogP contribution is -2.54. The van der Waals surface area contributed by atoms with Crippen molar-refractivity contribution in [3.05, 3.63) is 96.1 Å². The third-order valence-electron chi connectivity index (χ3n) is 6.89. The highest BCUT2D eigenvalue weighted by atomic mass is 16.7. The molecule has 168 valence electrons. The Kier molecular flexibility index (Phi) is 5.97. The highest BCUT2D eigenvalue weighted by Gasteiger charge is 2.48. The van der Waals surface area contributed by atoms with Gasteiger partial charge in [0.2, 0.25) is 5.91 Å². The van der Waals surface area contributed by atoms with Crippen LogP contribution in [0.15, 0.2) is 84.9 Å². The normalized spacial score (nSPS) is 17.5. The topological polar surface area (TPSA) is 49.9 Å². The number of benzene rings is 3. The molecule has 0 aliphatic carbocycles. The van der Waals surface area contributed by atoms with E-state index in [4.69, 9.17) is 4.84 Å². The highest BCUT2D eigenvalue weighted by molar-refractivity contribution is 5.94. The molecule has 2 aliphatic rings. The summed E-state index contributed by atoms with van der Waals surface area (Å²) in [5.41, 5.74) is 3.67. The van der Waals surface area contributed by atoms with Crippen molar-refractivity contribution in [2.24, 2.45) is 0 Å². The van der Waals surface area contributed by atoms with E-state index in [1.807, 2.05) is 77.7 Å². The van der Waals surface area contributed by atoms with Gasteiger partial charge in [0.25, 0.3) is 5.91 Å². The van der Waals surface area contributed by atoms with Crippen LogP contribution < -0.4 is 0 Å². The summed E-state index contributed by atoms with van der Waals surface area (Å²) in [6, 6.07) is 27.9. The molecule has 5 rings (SSSR count). The van der Waals surface area contributed by atoms with Gasteiger partial charge in [0.05, 0.1) is 5.54 Å². The first-order valence-corrected chi connectivity index (χ1v) is 11.6. The van der Waals surface area contributed by atoms with Gasteiger partial charge in [-0.3, -0.25) is 14.4 Å². The number of amides is 2. The summed E-state index contributed by atoms with van der Waals surface area (Å²) in [4.78, 5) is 33.6. The van der Waals surface area contributed by atoms with Gasteiger partial charge in [-0.25, -0.2) is 5.06 Å². The molecule has 0 aromatic heterocycles. The van der Waals surface area contributed by atoms with E-state index in [-0.39, 0.29) is 17.4 Å². The Balaban J connectivity index is 1.22. The molecule has 0 saturated carbocycles. The van der Waals surface area contributed by atoms with Crippen LogP contribution in [-0.4, -0.2) is 40.4 Å². The standard InChI is InChI=1S/C28H28N2O3/c31-26-15-16-28(30(26)33-21-22-7-3-1-4-8-22)17-19-29(20-18-28)27(32)25-13-11-24(12-14-25)23-9-5-2-6-10-23/h1-14H,15-21H2. The Morgan fingerprint density at radius 3 is 2.06 bits per heavy atom. The minimum atomic E-state index is -0.306. The number of carbonyl (C=O) groups is 2. The van der Waals surface area contributed by atoms with Crippen LogP contribution in [0, 0.1) is 0 Å². The maximum absolute atomic E-state index is 13.1. The number of hydrogen-bond donors (Lipinski definition) is 0. The summed E-state index contributed by atoms with van der Waals surface area (Å²) in [7, 11) is 0. The number of hydrogen-bond acceptors (Lipinski definition) is 3. The predicted octanol–water partition coefficient (Wildman–Crippen LogP) is 5.08. The maximum atomic E-state index is 13.1. The fourth-order valence-corrected chi connectivity index (χ4v) is 4.93. The van der Waals surface area contributed by atoms with Crippen LogP contribution in [0.4, 0.5) is 0 Å². The van der Waals surface area contributed by atoms with Crippen LogP contribution in [0.1, 0.15) is 41.6 Å². The van der Waals surface area contributed by atoms with Gasteiger partial charge in [0, 0.05) is 25.1 Å². The van der Waals surface area contributed by atoms with Crippen LogP contribution in [0.25, 0.3) is 11.1 Å². The van der Waals surface area contributed by atoms with E-state index in [2.05, 4.69) is 12.1 Å². The van der Waals surface area contributed by atoms with Gasteiger partial charge in [-0.05, 0) is 48.1 Å². The van der Waals surface area contributed by atoms with Crippen LogP contribution >= 0.6 is 0 Å². The van der Waals surface area contributed by atoms with Crippen LogP contribution in [-0.2, 0) is 16.2 Å². The number of carbonyl (C=O) groups excluding carboxylic acids is 2. The molecule has 0 N–H and O–H groups in total. The molecule has 3 aromatic rings. The zero-order valence-electron chi connectivity index (χ0n) is 18.7. The summed E-state index contributed by atoms with van der Waals surface area (Å²) < 4.78 is 0. The third-order valence-corrected chi connectivity index (χ3v) is 6.89. The minimum absolute atomic E-state index is 0.0437. The quantitative estimate of drug-likeness (QED) is 0.556. The average Bonchev–Trinajstić information content (AvgIpc) is 3.18. The summed E-state index contributed by atoms with van der Waals surface area (Å²) >= 11 is 0. The van der Waals surface area contributed by atoms with E-state index >= 15 is 0 Å². The van der Waals surface area contributed by atoms with E-state index < -0.39 is 0 Å². The number of hydroxylamine groups is 2. The van der Waals surface area contributed by atoms with Crippen molar-refractivity contribution in [2.45, 2.75) is 37.8 Å². The lowest BCUT2D eigenvalue weighted by atomic mass is 9.85. The Bertz CT molecular complexity index is 1100. The molecule has 0 bridgehead atoms. The summed E-state index contributed by atoms with van der Waals surface area (Å²) in [5.74, 6) is 0.0905. The lowest BCUT2D eigenvalue weighted by Gasteiger charge is -2.43. The van der Waals surface area contributed by atoms with Crippen molar-refractivity contribution in [3.8, 4) is 11.1 Å². The van der Waals surface area contributed by atoms with E-state index in [1.54, 1.807) is 5.06 Å². The smallest absolute Gasteiger partial charge is 0.253 e.